The molecule has 1 aliphatic heterocycles. The first kappa shape index (κ1) is 25.8. The summed E-state index contributed by atoms with van der Waals surface area (Å²) in [5.74, 6) is -0.552. The van der Waals surface area contributed by atoms with Gasteiger partial charge in [0.2, 0.25) is 0 Å². The van der Waals surface area contributed by atoms with Crippen LogP contribution in [-0.4, -0.2) is 23.4 Å². The van der Waals surface area contributed by atoms with Crippen LogP contribution < -0.4 is 14.4 Å². The van der Waals surface area contributed by atoms with Crippen LogP contribution in [0.4, 0.5) is 5.69 Å². The Bertz CT molecular complexity index is 1500. The highest BCUT2D eigenvalue weighted by atomic mass is 16.5. The lowest BCUT2D eigenvalue weighted by atomic mass is 9.95. The molecule has 1 aliphatic rings. The number of aliphatic hydroxyl groups is 1. The van der Waals surface area contributed by atoms with E-state index < -0.39 is 17.7 Å². The van der Waals surface area contributed by atoms with E-state index in [1.54, 1.807) is 48.5 Å². The number of benzene rings is 4. The van der Waals surface area contributed by atoms with E-state index in [2.05, 4.69) is 0 Å². The van der Waals surface area contributed by atoms with Crippen molar-refractivity contribution in [3.05, 3.63) is 131 Å². The maximum atomic E-state index is 13.5. The number of amides is 1. The molecular weight excluding hydrogens is 490 g/mol. The number of Topliss-reactive ketones (excluding diaryl/α,β-unsaturated/α-hetero) is 1. The Morgan fingerprint density at radius 2 is 1.46 bits per heavy atom. The van der Waals surface area contributed by atoms with Crippen molar-refractivity contribution in [3.63, 3.8) is 0 Å². The van der Waals surface area contributed by atoms with Gasteiger partial charge in [0, 0.05) is 11.3 Å². The van der Waals surface area contributed by atoms with Gasteiger partial charge >= 0.3 is 0 Å². The van der Waals surface area contributed by atoms with Crippen LogP contribution in [0, 0.1) is 0 Å². The normalized spacial score (nSPS) is 16.3. The smallest absolute Gasteiger partial charge is 0.300 e. The lowest BCUT2D eigenvalue weighted by molar-refractivity contribution is -0.132. The van der Waals surface area contributed by atoms with Crippen molar-refractivity contribution in [1.29, 1.82) is 0 Å². The second kappa shape index (κ2) is 11.7. The first-order valence-electron chi connectivity index (χ1n) is 12.9. The Hall–Kier alpha value is -4.84. The molecule has 1 unspecified atom stereocenters. The molecule has 196 valence electrons. The number of carbonyl (C=O) groups is 2. The third-order valence-corrected chi connectivity index (χ3v) is 6.48. The topological polar surface area (TPSA) is 76.1 Å². The Balaban J connectivity index is 1.58. The largest absolute Gasteiger partial charge is 0.507 e. The maximum absolute atomic E-state index is 13.5. The first-order valence-corrected chi connectivity index (χ1v) is 12.9. The number of ketones is 1. The van der Waals surface area contributed by atoms with Gasteiger partial charge in [-0.2, -0.15) is 0 Å². The van der Waals surface area contributed by atoms with E-state index in [0.717, 1.165) is 12.0 Å². The Kier molecular flexibility index (Phi) is 7.73. The molecule has 1 heterocycles. The summed E-state index contributed by atoms with van der Waals surface area (Å²) in [7, 11) is 0. The third-order valence-electron chi connectivity index (χ3n) is 6.48. The van der Waals surface area contributed by atoms with Gasteiger partial charge in [0.15, 0.2) is 0 Å². The van der Waals surface area contributed by atoms with Gasteiger partial charge in [-0.25, -0.2) is 0 Å². The van der Waals surface area contributed by atoms with Gasteiger partial charge in [0.1, 0.15) is 23.9 Å². The van der Waals surface area contributed by atoms with E-state index in [9.17, 15) is 14.7 Å². The molecule has 39 heavy (non-hydrogen) atoms. The van der Waals surface area contributed by atoms with Crippen molar-refractivity contribution in [2.45, 2.75) is 26.0 Å². The predicted octanol–water partition coefficient (Wildman–Crippen LogP) is 6.68. The zero-order chi connectivity index (χ0) is 27.2. The van der Waals surface area contributed by atoms with E-state index >= 15 is 0 Å². The van der Waals surface area contributed by atoms with Crippen LogP contribution in [0.5, 0.6) is 11.5 Å². The van der Waals surface area contributed by atoms with E-state index in [1.165, 1.54) is 4.90 Å². The monoisotopic (exact) mass is 519 g/mol. The summed E-state index contributed by atoms with van der Waals surface area (Å²) < 4.78 is 11.8. The molecule has 1 N–H and O–H groups in total. The molecule has 0 spiro atoms. The van der Waals surface area contributed by atoms with Crippen molar-refractivity contribution in [2.24, 2.45) is 0 Å². The van der Waals surface area contributed by atoms with Crippen molar-refractivity contribution < 1.29 is 24.2 Å². The number of ether oxygens (including phenoxy) is 2. The maximum Gasteiger partial charge on any atom is 0.300 e. The van der Waals surface area contributed by atoms with Gasteiger partial charge in [0.05, 0.1) is 18.2 Å². The number of hydrogen-bond acceptors (Lipinski definition) is 5. The molecule has 0 saturated carbocycles. The minimum atomic E-state index is -0.854. The predicted molar refractivity (Wildman–Crippen MR) is 151 cm³/mol. The minimum absolute atomic E-state index is 0.0108. The number of para-hydroxylation sites is 1. The molecule has 1 fully saturated rings. The summed E-state index contributed by atoms with van der Waals surface area (Å²) in [5.41, 5.74) is 2.62. The Labute approximate surface area is 227 Å². The van der Waals surface area contributed by atoms with Crippen LogP contribution in [0.15, 0.2) is 115 Å². The molecule has 1 atom stereocenters. The van der Waals surface area contributed by atoms with Crippen LogP contribution in [0.3, 0.4) is 0 Å². The van der Waals surface area contributed by atoms with Crippen molar-refractivity contribution >= 4 is 23.1 Å². The van der Waals surface area contributed by atoms with Crippen LogP contribution in [0.1, 0.15) is 36.1 Å². The number of aliphatic hydroxyl groups excluding tert-OH is 1. The second-order valence-corrected chi connectivity index (χ2v) is 9.23. The fourth-order valence-corrected chi connectivity index (χ4v) is 4.63. The van der Waals surface area contributed by atoms with Gasteiger partial charge in [-0.1, -0.05) is 79.7 Å². The highest BCUT2D eigenvalue weighted by Gasteiger charge is 2.47. The summed E-state index contributed by atoms with van der Waals surface area (Å²) in [6.07, 6.45) is 0.834. The second-order valence-electron chi connectivity index (χ2n) is 9.23. The molecule has 5 rings (SSSR count). The van der Waals surface area contributed by atoms with E-state index in [0.29, 0.717) is 41.5 Å². The fourth-order valence-electron chi connectivity index (χ4n) is 4.63. The number of nitrogens with zero attached hydrogens (tertiary/aromatic N) is 1. The van der Waals surface area contributed by atoms with Crippen molar-refractivity contribution in [2.75, 3.05) is 11.5 Å². The van der Waals surface area contributed by atoms with Gasteiger partial charge in [0.25, 0.3) is 11.7 Å². The quantitative estimate of drug-likeness (QED) is 0.152. The number of rotatable bonds is 9. The highest BCUT2D eigenvalue weighted by molar-refractivity contribution is 6.51. The van der Waals surface area contributed by atoms with Crippen molar-refractivity contribution in [1.82, 2.24) is 0 Å². The fraction of sp³-hybridized carbons (Fsp3) is 0.152. The van der Waals surface area contributed by atoms with E-state index in [1.807, 2.05) is 67.6 Å². The zero-order valence-electron chi connectivity index (χ0n) is 21.6. The standard InChI is InChI=1S/C33H29NO5/c1-2-19-38-27-17-10-14-25(21-27)31(35)29-30(34(33(37)32(29)36)26-15-7-4-8-16-26)24-13-9-18-28(20-24)39-22-23-11-5-3-6-12-23/h3-18,20-21,30,35H,2,19,22H2,1H3/b31-29-. The summed E-state index contributed by atoms with van der Waals surface area (Å²) in [6.45, 7) is 2.90. The van der Waals surface area contributed by atoms with Gasteiger partial charge in [-0.3, -0.25) is 14.5 Å². The van der Waals surface area contributed by atoms with Crippen molar-refractivity contribution in [3.8, 4) is 11.5 Å². The first-order chi connectivity index (χ1) is 19.1. The lowest BCUT2D eigenvalue weighted by Crippen LogP contribution is -2.29. The number of anilines is 1. The molecule has 4 aromatic carbocycles. The molecule has 1 saturated heterocycles. The molecule has 6 heteroatoms. The molecule has 0 aliphatic carbocycles. The van der Waals surface area contributed by atoms with E-state index in [4.69, 9.17) is 9.47 Å². The lowest BCUT2D eigenvalue weighted by Gasteiger charge is -2.25. The van der Waals surface area contributed by atoms with Crippen LogP contribution >= 0.6 is 0 Å². The summed E-state index contributed by atoms with van der Waals surface area (Å²) >= 11 is 0. The Morgan fingerprint density at radius 1 is 0.795 bits per heavy atom. The molecule has 6 nitrogen and oxygen atoms in total. The molecule has 0 bridgehead atoms. The highest BCUT2D eigenvalue weighted by Crippen LogP contribution is 2.43. The molecule has 4 aromatic rings. The van der Waals surface area contributed by atoms with Gasteiger partial charge < -0.3 is 14.6 Å². The molecule has 1 amide bonds. The summed E-state index contributed by atoms with van der Waals surface area (Å²) in [5, 5.41) is 11.5. The van der Waals surface area contributed by atoms with Crippen LogP contribution in [0.25, 0.3) is 5.76 Å². The zero-order valence-corrected chi connectivity index (χ0v) is 21.6. The summed E-state index contributed by atoms with van der Waals surface area (Å²) in [6, 6.07) is 32.1. The van der Waals surface area contributed by atoms with Crippen LogP contribution in [-0.2, 0) is 16.2 Å². The summed E-state index contributed by atoms with van der Waals surface area (Å²) in [4.78, 5) is 28.3. The molecule has 0 radical (unpaired) electrons. The molecular formula is C33H29NO5. The average Bonchev–Trinajstić information content (AvgIpc) is 3.25. The SMILES string of the molecule is CCCOc1cccc(/C(O)=C2/C(=O)C(=O)N(c3ccccc3)C2c2cccc(OCc3ccccc3)c2)c1. The average molecular weight is 520 g/mol. The van der Waals surface area contributed by atoms with Gasteiger partial charge in [-0.05, 0) is 53.9 Å². The van der Waals surface area contributed by atoms with E-state index in [-0.39, 0.29) is 11.3 Å². The molecule has 0 aromatic heterocycles. The Morgan fingerprint density at radius 3 is 2.18 bits per heavy atom. The van der Waals surface area contributed by atoms with Crippen LogP contribution in [0.2, 0.25) is 0 Å². The minimum Gasteiger partial charge on any atom is -0.507 e. The third kappa shape index (κ3) is 5.55. The number of hydrogen-bond donors (Lipinski definition) is 1. The van der Waals surface area contributed by atoms with Gasteiger partial charge in [-0.15, -0.1) is 0 Å². The number of carbonyl (C=O) groups excluding carboxylic acids is 2.